The van der Waals surface area contributed by atoms with E-state index in [0.29, 0.717) is 17.4 Å². The van der Waals surface area contributed by atoms with Crippen LogP contribution in [0.4, 0.5) is 0 Å². The third kappa shape index (κ3) is 2.52. The van der Waals surface area contributed by atoms with Gasteiger partial charge in [-0.25, -0.2) is 0 Å². The molecule has 2 nitrogen and oxygen atoms in total. The van der Waals surface area contributed by atoms with Crippen molar-refractivity contribution in [2.45, 2.75) is 80.1 Å². The Bertz CT molecular complexity index is 804. The van der Waals surface area contributed by atoms with Crippen LogP contribution in [0.2, 0.25) is 0 Å². The van der Waals surface area contributed by atoms with Crippen LogP contribution in [-0.2, 0) is 9.59 Å². The molecule has 8 rings (SSSR count). The van der Waals surface area contributed by atoms with Gasteiger partial charge in [0, 0.05) is 11.8 Å². The molecule has 0 aromatic carbocycles. The zero-order valence-electron chi connectivity index (χ0n) is 18.1. The number of rotatable bonds is 1. The first kappa shape index (κ1) is 21.9. The number of allylic oxidation sites excluding steroid dienone is 2. The summed E-state index contributed by atoms with van der Waals surface area (Å²) in [5.74, 6) is 12.0. The number of fused-ring (bicyclic) bond motifs is 14. The fourth-order valence-electron chi connectivity index (χ4n) is 10.2. The number of carbonyl (C=O) groups is 2. The first-order valence-corrected chi connectivity index (χ1v) is 12.9. The molecule has 2 heteroatoms. The predicted molar refractivity (Wildman–Crippen MR) is 125 cm³/mol. The number of hydrogen-bond donors (Lipinski definition) is 0. The van der Waals surface area contributed by atoms with E-state index in [4.69, 9.17) is 0 Å². The van der Waals surface area contributed by atoms with Gasteiger partial charge in [0.05, 0.1) is 0 Å². The smallest absolute Gasteiger partial charge is 0.162 e. The van der Waals surface area contributed by atoms with Gasteiger partial charge in [-0.15, -0.1) is 0 Å². The van der Waals surface area contributed by atoms with Gasteiger partial charge in [0.2, 0.25) is 0 Å². The van der Waals surface area contributed by atoms with Crippen LogP contribution in [-0.4, -0.2) is 11.6 Å². The van der Waals surface area contributed by atoms with Crippen LogP contribution in [0.1, 0.15) is 80.1 Å². The molecule has 0 aliphatic heterocycles. The molecule has 0 heterocycles. The van der Waals surface area contributed by atoms with E-state index in [9.17, 15) is 9.59 Å². The molecule has 0 spiro atoms. The molecular formula is C29H44O2. The van der Waals surface area contributed by atoms with Gasteiger partial charge in [-0.05, 0) is 122 Å². The maximum Gasteiger partial charge on any atom is 0.162 e. The molecule has 8 aliphatic rings. The molecule has 0 bridgehead atoms. The highest BCUT2D eigenvalue weighted by molar-refractivity contribution is 6.12. The van der Waals surface area contributed by atoms with Gasteiger partial charge in [0.15, 0.2) is 11.6 Å². The van der Waals surface area contributed by atoms with E-state index in [1.807, 2.05) is 0 Å². The fraction of sp³-hybridized carbons (Fsp3) is 0.862. The average molecular weight is 425 g/mol. The van der Waals surface area contributed by atoms with E-state index in [1.165, 1.54) is 54.8 Å². The molecular weight excluding hydrogens is 380 g/mol. The van der Waals surface area contributed by atoms with Gasteiger partial charge in [-0.1, -0.05) is 34.6 Å². The van der Waals surface area contributed by atoms with E-state index in [2.05, 4.69) is 6.92 Å². The van der Waals surface area contributed by atoms with Crippen molar-refractivity contribution in [1.82, 2.24) is 0 Å². The second-order valence-corrected chi connectivity index (χ2v) is 12.2. The quantitative estimate of drug-likeness (QED) is 0.476. The van der Waals surface area contributed by atoms with Gasteiger partial charge < -0.3 is 0 Å². The SMILES string of the molecule is C.C.CC1=CC(=O)[C@@H]2[C@H](C1=O)[C@H]1[C@@H]3CC[C@@H]3[C@@H]21.CCC1CC[C@H]2[C@@H](C1)[C@@H]1[C@H]3CC[C@H]3[C@H]21. The molecule has 13 atom stereocenters. The molecule has 7 saturated carbocycles. The summed E-state index contributed by atoms with van der Waals surface area (Å²) < 4.78 is 0. The van der Waals surface area contributed by atoms with Crippen molar-refractivity contribution in [1.29, 1.82) is 0 Å². The first-order valence-electron chi connectivity index (χ1n) is 12.9. The molecule has 1 unspecified atom stereocenters. The van der Waals surface area contributed by atoms with Gasteiger partial charge in [0.25, 0.3) is 0 Å². The summed E-state index contributed by atoms with van der Waals surface area (Å²) in [6.45, 7) is 4.19. The number of carbonyl (C=O) groups excluding carboxylic acids is 2. The normalized spacial score (nSPS) is 55.4. The van der Waals surface area contributed by atoms with E-state index in [1.54, 1.807) is 45.1 Å². The molecule has 0 saturated heterocycles. The maximum absolute atomic E-state index is 12.0. The summed E-state index contributed by atoms with van der Waals surface area (Å²) in [7, 11) is 0. The van der Waals surface area contributed by atoms with Crippen LogP contribution < -0.4 is 0 Å². The van der Waals surface area contributed by atoms with Gasteiger partial charge in [-0.3, -0.25) is 9.59 Å². The van der Waals surface area contributed by atoms with Crippen molar-refractivity contribution in [2.75, 3.05) is 0 Å². The Morgan fingerprint density at radius 1 is 0.710 bits per heavy atom. The Balaban J connectivity index is 0.000000124. The van der Waals surface area contributed by atoms with E-state index >= 15 is 0 Å². The fourth-order valence-corrected chi connectivity index (χ4v) is 10.2. The van der Waals surface area contributed by atoms with E-state index in [-0.39, 0.29) is 38.3 Å². The highest BCUT2D eigenvalue weighted by Crippen LogP contribution is 2.75. The minimum atomic E-state index is 0. The maximum atomic E-state index is 12.0. The minimum Gasteiger partial charge on any atom is -0.294 e. The summed E-state index contributed by atoms with van der Waals surface area (Å²) in [5, 5.41) is 0. The lowest BCUT2D eigenvalue weighted by atomic mass is 9.30. The van der Waals surface area contributed by atoms with Crippen molar-refractivity contribution in [3.8, 4) is 0 Å². The molecule has 7 fully saturated rings. The highest BCUT2D eigenvalue weighted by atomic mass is 16.1. The largest absolute Gasteiger partial charge is 0.294 e. The van der Waals surface area contributed by atoms with Crippen LogP contribution in [0, 0.1) is 76.9 Å². The summed E-state index contributed by atoms with van der Waals surface area (Å²) in [5.41, 5.74) is 0.697. The molecule has 172 valence electrons. The summed E-state index contributed by atoms with van der Waals surface area (Å²) in [4.78, 5) is 23.8. The molecule has 31 heavy (non-hydrogen) atoms. The lowest BCUT2D eigenvalue weighted by Crippen LogP contribution is -2.72. The Morgan fingerprint density at radius 3 is 1.77 bits per heavy atom. The Hall–Kier alpha value is -0.920. The van der Waals surface area contributed by atoms with E-state index in [0.717, 1.165) is 17.8 Å². The summed E-state index contributed by atoms with van der Waals surface area (Å²) >= 11 is 0. The van der Waals surface area contributed by atoms with Crippen LogP contribution in [0.15, 0.2) is 11.6 Å². The number of Topliss-reactive ketones (excluding diaryl/α,β-unsaturated/α-hetero) is 1. The zero-order chi connectivity index (χ0) is 19.6. The molecule has 0 N–H and O–H groups in total. The van der Waals surface area contributed by atoms with Crippen LogP contribution in [0.25, 0.3) is 0 Å². The Labute approximate surface area is 190 Å². The van der Waals surface area contributed by atoms with Crippen molar-refractivity contribution in [3.05, 3.63) is 11.6 Å². The zero-order valence-corrected chi connectivity index (χ0v) is 18.1. The minimum absolute atomic E-state index is 0. The molecule has 0 radical (unpaired) electrons. The second-order valence-electron chi connectivity index (χ2n) is 12.2. The standard InChI is InChI=1S/C14H22.C13H14O2.2CH4/c1-2-8-3-4-11-12(7-8)14-10-6-5-9(10)13(11)14;1-5-4-8(14)11-9-6-2-3-7(6)10(9)12(11)13(5)15;;/h8-14H,2-7H2,1H3;4,6-7,9-12H,2-3H2,1H3;2*1H4/t8?,9-,10+,11+,12-,13-,14+;6-,7+,9+,10-,11-,12+;;/m10../s1. The van der Waals surface area contributed by atoms with Crippen molar-refractivity contribution < 1.29 is 9.59 Å². The Kier molecular flexibility index (Phi) is 5.15. The monoisotopic (exact) mass is 424 g/mol. The van der Waals surface area contributed by atoms with E-state index < -0.39 is 0 Å². The van der Waals surface area contributed by atoms with Gasteiger partial charge in [0.1, 0.15) is 0 Å². The van der Waals surface area contributed by atoms with Gasteiger partial charge >= 0.3 is 0 Å². The third-order valence-corrected chi connectivity index (χ3v) is 11.9. The van der Waals surface area contributed by atoms with Crippen molar-refractivity contribution in [2.24, 2.45) is 76.9 Å². The number of ketones is 2. The third-order valence-electron chi connectivity index (χ3n) is 11.9. The molecule has 0 aromatic rings. The lowest BCUT2D eigenvalue weighted by molar-refractivity contribution is -0.264. The van der Waals surface area contributed by atoms with Crippen molar-refractivity contribution in [3.63, 3.8) is 0 Å². The Morgan fingerprint density at radius 2 is 1.19 bits per heavy atom. The second kappa shape index (κ2) is 7.29. The van der Waals surface area contributed by atoms with Crippen LogP contribution in [0.3, 0.4) is 0 Å². The molecule has 0 aromatic heterocycles. The molecule has 0 amide bonds. The lowest BCUT2D eigenvalue weighted by Gasteiger charge is -2.74. The van der Waals surface area contributed by atoms with Crippen LogP contribution >= 0.6 is 0 Å². The first-order chi connectivity index (χ1) is 14.1. The summed E-state index contributed by atoms with van der Waals surface area (Å²) in [6, 6.07) is 0. The average Bonchev–Trinajstić information content (AvgIpc) is 2.67. The predicted octanol–water partition coefficient (Wildman–Crippen LogP) is 6.59. The van der Waals surface area contributed by atoms with Crippen LogP contribution in [0.5, 0.6) is 0 Å². The topological polar surface area (TPSA) is 34.1 Å². The number of hydrogen-bond acceptors (Lipinski definition) is 2. The molecule has 8 aliphatic carbocycles. The van der Waals surface area contributed by atoms with Crippen molar-refractivity contribution >= 4 is 11.6 Å². The van der Waals surface area contributed by atoms with Gasteiger partial charge in [-0.2, -0.15) is 0 Å². The highest BCUT2D eigenvalue weighted by Gasteiger charge is 2.72. The summed E-state index contributed by atoms with van der Waals surface area (Å²) in [6.07, 6.45) is 13.6.